The molecule has 0 bridgehead atoms. The Morgan fingerprint density at radius 1 is 0.838 bits per heavy atom. The standard InChI is InChI=1S/C28H25F4N3O.ClH/c1-34(2)18-17-33-27(36)21-9-7-19(8-10-21)24-15-16-25(20-11-13-22(29)14-12-20)35(24)26-6-4-3-5-23(26)28(30,31)32;/h3-16H,17-18H2,1-2H3,(H,33,36);1H. The summed E-state index contributed by atoms with van der Waals surface area (Å²) in [5.41, 5.74) is 1.79. The van der Waals surface area contributed by atoms with Gasteiger partial charge in [0.25, 0.3) is 5.91 Å². The summed E-state index contributed by atoms with van der Waals surface area (Å²) in [5.74, 6) is -0.666. The number of amides is 1. The number of halogens is 5. The zero-order valence-electron chi connectivity index (χ0n) is 20.2. The Morgan fingerprint density at radius 3 is 1.92 bits per heavy atom. The van der Waals surface area contributed by atoms with Crippen LogP contribution >= 0.6 is 12.4 Å². The molecule has 0 atom stereocenters. The van der Waals surface area contributed by atoms with Crippen molar-refractivity contribution in [3.63, 3.8) is 0 Å². The summed E-state index contributed by atoms with van der Waals surface area (Å²) < 4.78 is 56.9. The smallest absolute Gasteiger partial charge is 0.351 e. The Bertz CT molecular complexity index is 1350. The molecule has 0 aliphatic rings. The molecule has 0 aliphatic heterocycles. The molecule has 194 valence electrons. The average molecular weight is 532 g/mol. The summed E-state index contributed by atoms with van der Waals surface area (Å²) in [5, 5.41) is 2.84. The summed E-state index contributed by atoms with van der Waals surface area (Å²) in [4.78, 5) is 14.4. The number of carbonyl (C=O) groups is 1. The predicted molar refractivity (Wildman–Crippen MR) is 140 cm³/mol. The SMILES string of the molecule is CN(C)CCNC(=O)c1ccc(-c2ccc(-c3ccc(F)cc3)n2-c2ccccc2C(F)(F)F)cc1.Cl. The van der Waals surface area contributed by atoms with E-state index in [0.717, 1.165) is 6.07 Å². The van der Waals surface area contributed by atoms with Crippen LogP contribution in [-0.2, 0) is 6.18 Å². The van der Waals surface area contributed by atoms with Crippen molar-refractivity contribution < 1.29 is 22.4 Å². The summed E-state index contributed by atoms with van der Waals surface area (Å²) >= 11 is 0. The minimum atomic E-state index is -4.58. The van der Waals surface area contributed by atoms with Crippen molar-refractivity contribution in [1.29, 1.82) is 0 Å². The Kier molecular flexibility index (Phi) is 8.78. The van der Waals surface area contributed by atoms with Crippen LogP contribution in [0.3, 0.4) is 0 Å². The first-order valence-electron chi connectivity index (χ1n) is 11.3. The second-order valence-electron chi connectivity index (χ2n) is 8.60. The highest BCUT2D eigenvalue weighted by Crippen LogP contribution is 2.39. The van der Waals surface area contributed by atoms with Crippen LogP contribution < -0.4 is 5.32 Å². The second kappa shape index (κ2) is 11.6. The van der Waals surface area contributed by atoms with E-state index in [1.807, 2.05) is 19.0 Å². The number of aromatic nitrogens is 1. The molecular weight excluding hydrogens is 506 g/mol. The van der Waals surface area contributed by atoms with Crippen LogP contribution in [-0.4, -0.2) is 42.6 Å². The molecule has 1 amide bonds. The van der Waals surface area contributed by atoms with Gasteiger partial charge in [0.1, 0.15) is 5.82 Å². The number of rotatable bonds is 7. The highest BCUT2D eigenvalue weighted by Gasteiger charge is 2.34. The topological polar surface area (TPSA) is 37.3 Å². The van der Waals surface area contributed by atoms with Crippen LogP contribution in [0.4, 0.5) is 17.6 Å². The third-order valence-corrected chi connectivity index (χ3v) is 5.76. The number of alkyl halides is 3. The number of carbonyl (C=O) groups excluding carboxylic acids is 1. The highest BCUT2D eigenvalue weighted by molar-refractivity contribution is 5.94. The van der Waals surface area contributed by atoms with E-state index in [9.17, 15) is 22.4 Å². The van der Waals surface area contributed by atoms with Crippen molar-refractivity contribution in [3.8, 4) is 28.2 Å². The van der Waals surface area contributed by atoms with Crippen molar-refractivity contribution in [2.24, 2.45) is 0 Å². The quantitative estimate of drug-likeness (QED) is 0.270. The minimum absolute atomic E-state index is 0. The van der Waals surface area contributed by atoms with E-state index in [2.05, 4.69) is 5.32 Å². The fourth-order valence-corrected chi connectivity index (χ4v) is 3.96. The van der Waals surface area contributed by atoms with Crippen LogP contribution in [0.15, 0.2) is 84.9 Å². The van der Waals surface area contributed by atoms with Gasteiger partial charge in [0.15, 0.2) is 0 Å². The molecule has 0 fully saturated rings. The molecule has 0 radical (unpaired) electrons. The predicted octanol–water partition coefficient (Wildman–Crippen LogP) is 6.68. The Labute approximate surface area is 218 Å². The van der Waals surface area contributed by atoms with E-state index >= 15 is 0 Å². The summed E-state index contributed by atoms with van der Waals surface area (Å²) in [6, 6.07) is 21.1. The molecule has 0 saturated heterocycles. The molecule has 1 N–H and O–H groups in total. The van der Waals surface area contributed by atoms with Crippen molar-refractivity contribution in [3.05, 3.63) is 102 Å². The normalized spacial score (nSPS) is 11.3. The average Bonchev–Trinajstić information content (AvgIpc) is 3.29. The lowest BCUT2D eigenvalue weighted by molar-refractivity contribution is -0.137. The molecule has 3 aromatic carbocycles. The van der Waals surface area contributed by atoms with E-state index in [1.54, 1.807) is 42.5 Å². The van der Waals surface area contributed by atoms with Crippen molar-refractivity contribution >= 4 is 18.3 Å². The van der Waals surface area contributed by atoms with Gasteiger partial charge >= 0.3 is 6.18 Å². The Hall–Kier alpha value is -3.62. The second-order valence-corrected chi connectivity index (χ2v) is 8.60. The maximum absolute atomic E-state index is 13.9. The van der Waals surface area contributed by atoms with Crippen molar-refractivity contribution in [1.82, 2.24) is 14.8 Å². The molecule has 1 aromatic heterocycles. The summed E-state index contributed by atoms with van der Waals surface area (Å²) in [6.07, 6.45) is -4.58. The molecule has 37 heavy (non-hydrogen) atoms. The van der Waals surface area contributed by atoms with E-state index in [0.29, 0.717) is 41.2 Å². The molecule has 1 heterocycles. The number of nitrogens with one attached hydrogen (secondary N) is 1. The molecule has 4 aromatic rings. The van der Waals surface area contributed by atoms with Crippen molar-refractivity contribution in [2.75, 3.05) is 27.2 Å². The number of benzene rings is 3. The largest absolute Gasteiger partial charge is 0.418 e. The first-order chi connectivity index (χ1) is 17.1. The van der Waals surface area contributed by atoms with Gasteiger partial charge in [-0.05, 0) is 85.9 Å². The van der Waals surface area contributed by atoms with Gasteiger partial charge in [0.05, 0.1) is 22.6 Å². The fourth-order valence-electron chi connectivity index (χ4n) is 3.96. The van der Waals surface area contributed by atoms with Crippen molar-refractivity contribution in [2.45, 2.75) is 6.18 Å². The van der Waals surface area contributed by atoms with Gasteiger partial charge in [-0.2, -0.15) is 13.2 Å². The molecule has 4 nitrogen and oxygen atoms in total. The lowest BCUT2D eigenvalue weighted by Gasteiger charge is -2.19. The van der Waals surface area contributed by atoms with E-state index in [4.69, 9.17) is 0 Å². The van der Waals surface area contributed by atoms with Gasteiger partial charge in [-0.1, -0.05) is 24.3 Å². The Balaban J connectivity index is 0.00000380. The zero-order valence-corrected chi connectivity index (χ0v) is 21.0. The van der Waals surface area contributed by atoms with Crippen LogP contribution in [0.5, 0.6) is 0 Å². The van der Waals surface area contributed by atoms with Gasteiger partial charge < -0.3 is 14.8 Å². The van der Waals surface area contributed by atoms with E-state index in [-0.39, 0.29) is 24.0 Å². The lowest BCUT2D eigenvalue weighted by Crippen LogP contribution is -2.31. The lowest BCUT2D eigenvalue weighted by atomic mass is 10.1. The third-order valence-electron chi connectivity index (χ3n) is 5.76. The number of likely N-dealkylation sites (N-methyl/N-ethyl adjacent to an activating group) is 1. The van der Waals surface area contributed by atoms with Crippen LogP contribution in [0, 0.1) is 5.82 Å². The number of hydrogen-bond acceptors (Lipinski definition) is 2. The van der Waals surface area contributed by atoms with Crippen LogP contribution in [0.1, 0.15) is 15.9 Å². The monoisotopic (exact) mass is 531 g/mol. The molecule has 0 saturated carbocycles. The molecule has 4 rings (SSSR count). The van der Waals surface area contributed by atoms with E-state index in [1.165, 1.54) is 41.0 Å². The molecule has 0 unspecified atom stereocenters. The molecule has 9 heteroatoms. The van der Waals surface area contributed by atoms with Gasteiger partial charge in [-0.15, -0.1) is 12.4 Å². The van der Waals surface area contributed by atoms with Gasteiger partial charge in [0, 0.05) is 18.7 Å². The maximum atomic E-state index is 13.9. The van der Waals surface area contributed by atoms with Gasteiger partial charge in [0.2, 0.25) is 0 Å². The number of nitrogens with zero attached hydrogens (tertiary/aromatic N) is 2. The highest BCUT2D eigenvalue weighted by atomic mass is 35.5. The molecule has 0 spiro atoms. The molecular formula is C28H26ClF4N3O. The summed E-state index contributed by atoms with van der Waals surface area (Å²) in [6.45, 7) is 1.19. The van der Waals surface area contributed by atoms with Crippen LogP contribution in [0.2, 0.25) is 0 Å². The first kappa shape index (κ1) is 28.0. The number of hydrogen-bond donors (Lipinski definition) is 1. The van der Waals surface area contributed by atoms with E-state index < -0.39 is 17.6 Å². The third kappa shape index (κ3) is 6.39. The minimum Gasteiger partial charge on any atom is -0.351 e. The molecule has 0 aliphatic carbocycles. The Morgan fingerprint density at radius 2 is 1.38 bits per heavy atom. The van der Waals surface area contributed by atoms with Gasteiger partial charge in [-0.3, -0.25) is 4.79 Å². The van der Waals surface area contributed by atoms with Crippen LogP contribution in [0.25, 0.3) is 28.2 Å². The maximum Gasteiger partial charge on any atom is 0.418 e. The zero-order chi connectivity index (χ0) is 25.9. The fraction of sp³-hybridized carbons (Fsp3) is 0.179. The first-order valence-corrected chi connectivity index (χ1v) is 11.3. The summed E-state index contributed by atoms with van der Waals surface area (Å²) in [7, 11) is 3.82. The number of para-hydroxylation sites is 1. The van der Waals surface area contributed by atoms with Gasteiger partial charge in [-0.25, -0.2) is 4.39 Å².